The van der Waals surface area contributed by atoms with Gasteiger partial charge in [-0.15, -0.1) is 0 Å². The number of allylic oxidation sites excluding steroid dienone is 2. The Morgan fingerprint density at radius 1 is 1.43 bits per heavy atom. The highest BCUT2D eigenvalue weighted by Gasteiger charge is 2.20. The Labute approximate surface area is 87.2 Å². The zero-order chi connectivity index (χ0) is 10.4. The first-order valence-electron chi connectivity index (χ1n) is 5.79. The maximum atomic E-state index is 8.96. The van der Waals surface area contributed by atoms with Crippen LogP contribution < -0.4 is 0 Å². The van der Waals surface area contributed by atoms with Gasteiger partial charge < -0.3 is 10.0 Å². The van der Waals surface area contributed by atoms with Crippen molar-refractivity contribution in [2.45, 2.75) is 51.9 Å². The molecule has 0 heterocycles. The van der Waals surface area contributed by atoms with Crippen LogP contribution in [-0.4, -0.2) is 17.2 Å². The van der Waals surface area contributed by atoms with Gasteiger partial charge in [0.15, 0.2) is 0 Å². The second kappa shape index (κ2) is 6.25. The Morgan fingerprint density at radius 2 is 2.21 bits per heavy atom. The minimum atomic E-state index is -1.22. The van der Waals surface area contributed by atoms with Crippen molar-refractivity contribution in [1.82, 2.24) is 0 Å². The van der Waals surface area contributed by atoms with Crippen LogP contribution >= 0.6 is 0 Å². The van der Waals surface area contributed by atoms with E-state index >= 15 is 0 Å². The minimum absolute atomic E-state index is 0.782. The molecule has 1 aliphatic rings. The average Bonchev–Trinajstić information content (AvgIpc) is 2.19. The lowest BCUT2D eigenvalue weighted by Gasteiger charge is -2.21. The molecule has 1 atom stereocenters. The normalized spacial score (nSPS) is 21.9. The molecule has 0 bridgehead atoms. The highest BCUT2D eigenvalue weighted by Crippen LogP contribution is 2.27. The maximum absolute atomic E-state index is 8.96. The molecule has 1 aliphatic carbocycles. The molecule has 1 rings (SSSR count). The van der Waals surface area contributed by atoms with Crippen LogP contribution in [0.2, 0.25) is 0 Å². The SMILES string of the molecule is CCCCC[C@H]1CC=C(B(O)O)CC1. The molecule has 2 N–H and O–H groups in total. The summed E-state index contributed by atoms with van der Waals surface area (Å²) in [5, 5.41) is 17.9. The van der Waals surface area contributed by atoms with Gasteiger partial charge >= 0.3 is 7.12 Å². The van der Waals surface area contributed by atoms with E-state index in [0.717, 1.165) is 30.7 Å². The van der Waals surface area contributed by atoms with Gasteiger partial charge in [0.25, 0.3) is 0 Å². The smallest absolute Gasteiger partial charge is 0.423 e. The summed E-state index contributed by atoms with van der Waals surface area (Å²) in [5.41, 5.74) is 0.816. The maximum Gasteiger partial charge on any atom is 0.483 e. The number of hydrogen-bond acceptors (Lipinski definition) is 2. The van der Waals surface area contributed by atoms with Crippen LogP contribution in [0.4, 0.5) is 0 Å². The van der Waals surface area contributed by atoms with E-state index < -0.39 is 7.12 Å². The largest absolute Gasteiger partial charge is 0.483 e. The lowest BCUT2D eigenvalue weighted by molar-refractivity contribution is 0.391. The molecule has 0 unspecified atom stereocenters. The molecule has 0 aliphatic heterocycles. The van der Waals surface area contributed by atoms with Gasteiger partial charge in [-0.25, -0.2) is 0 Å². The number of hydrogen-bond donors (Lipinski definition) is 2. The fraction of sp³-hybridized carbons (Fsp3) is 0.818. The summed E-state index contributed by atoms with van der Waals surface area (Å²) in [7, 11) is -1.22. The Kier molecular flexibility index (Phi) is 5.27. The first-order valence-corrected chi connectivity index (χ1v) is 5.79. The van der Waals surface area contributed by atoms with Crippen molar-refractivity contribution in [2.75, 3.05) is 0 Å². The van der Waals surface area contributed by atoms with Crippen molar-refractivity contribution in [1.29, 1.82) is 0 Å². The molecular formula is C11H21BO2. The summed E-state index contributed by atoms with van der Waals surface area (Å²) < 4.78 is 0. The van der Waals surface area contributed by atoms with Gasteiger partial charge in [0.1, 0.15) is 0 Å². The monoisotopic (exact) mass is 196 g/mol. The molecule has 0 radical (unpaired) electrons. The third-order valence-electron chi connectivity index (χ3n) is 3.10. The quantitative estimate of drug-likeness (QED) is 0.523. The highest BCUT2D eigenvalue weighted by molar-refractivity contribution is 6.50. The van der Waals surface area contributed by atoms with Crippen molar-refractivity contribution < 1.29 is 10.0 Å². The van der Waals surface area contributed by atoms with E-state index in [2.05, 4.69) is 6.92 Å². The van der Waals surface area contributed by atoms with E-state index in [4.69, 9.17) is 10.0 Å². The van der Waals surface area contributed by atoms with Crippen molar-refractivity contribution in [2.24, 2.45) is 5.92 Å². The summed E-state index contributed by atoms with van der Waals surface area (Å²) >= 11 is 0. The van der Waals surface area contributed by atoms with Gasteiger partial charge in [0.2, 0.25) is 0 Å². The summed E-state index contributed by atoms with van der Waals surface area (Å²) in [4.78, 5) is 0. The van der Waals surface area contributed by atoms with Gasteiger partial charge in [-0.2, -0.15) is 0 Å². The summed E-state index contributed by atoms with van der Waals surface area (Å²) in [6.07, 6.45) is 10.3. The Hall–Kier alpha value is -0.275. The molecule has 0 saturated carbocycles. The van der Waals surface area contributed by atoms with Crippen molar-refractivity contribution in [3.8, 4) is 0 Å². The molecule has 0 spiro atoms. The molecule has 2 nitrogen and oxygen atoms in total. The predicted octanol–water partition coefficient (Wildman–Crippen LogP) is 2.31. The number of rotatable bonds is 5. The van der Waals surface area contributed by atoms with E-state index in [1.807, 2.05) is 6.08 Å². The Balaban J connectivity index is 2.21. The van der Waals surface area contributed by atoms with Crippen LogP contribution in [-0.2, 0) is 0 Å². The van der Waals surface area contributed by atoms with Gasteiger partial charge in [0, 0.05) is 0 Å². The van der Waals surface area contributed by atoms with E-state index in [-0.39, 0.29) is 0 Å². The lowest BCUT2D eigenvalue weighted by Crippen LogP contribution is -2.19. The summed E-state index contributed by atoms with van der Waals surface area (Å²) in [6, 6.07) is 0. The second-order valence-electron chi connectivity index (χ2n) is 4.29. The lowest BCUT2D eigenvalue weighted by atomic mass is 9.71. The van der Waals surface area contributed by atoms with Crippen LogP contribution in [0.3, 0.4) is 0 Å². The topological polar surface area (TPSA) is 40.5 Å². The molecule has 80 valence electrons. The fourth-order valence-electron chi connectivity index (χ4n) is 2.09. The van der Waals surface area contributed by atoms with E-state index in [1.165, 1.54) is 25.7 Å². The van der Waals surface area contributed by atoms with E-state index in [1.54, 1.807) is 0 Å². The van der Waals surface area contributed by atoms with E-state index in [9.17, 15) is 0 Å². The molecular weight excluding hydrogens is 175 g/mol. The molecule has 0 fully saturated rings. The van der Waals surface area contributed by atoms with Crippen molar-refractivity contribution in [3.05, 3.63) is 11.5 Å². The standard InChI is InChI=1S/C11H21BO2/c1-2-3-4-5-10-6-8-11(9-7-10)12(13)14/h8,10,13-14H,2-7,9H2,1H3/t10-/m0/s1. The number of unbranched alkanes of at least 4 members (excludes halogenated alkanes) is 2. The predicted molar refractivity (Wildman–Crippen MR) is 59.8 cm³/mol. The molecule has 0 amide bonds. The summed E-state index contributed by atoms with van der Waals surface area (Å²) in [5.74, 6) is 0.782. The van der Waals surface area contributed by atoms with Crippen molar-refractivity contribution >= 4 is 7.12 Å². The van der Waals surface area contributed by atoms with Crippen LogP contribution in [0.15, 0.2) is 11.5 Å². The van der Waals surface area contributed by atoms with Crippen LogP contribution in [0.1, 0.15) is 51.9 Å². The first kappa shape index (κ1) is 11.8. The van der Waals surface area contributed by atoms with Crippen molar-refractivity contribution in [3.63, 3.8) is 0 Å². The fourth-order valence-corrected chi connectivity index (χ4v) is 2.09. The molecule has 0 aromatic rings. The molecule has 3 heteroatoms. The van der Waals surface area contributed by atoms with E-state index in [0.29, 0.717) is 0 Å². The van der Waals surface area contributed by atoms with Gasteiger partial charge in [-0.05, 0) is 30.7 Å². The molecule has 0 saturated heterocycles. The van der Waals surface area contributed by atoms with Crippen LogP contribution in [0.5, 0.6) is 0 Å². The molecule has 0 aromatic heterocycles. The van der Waals surface area contributed by atoms with Gasteiger partial charge in [-0.3, -0.25) is 0 Å². The third kappa shape index (κ3) is 3.85. The molecule has 0 aromatic carbocycles. The molecule has 14 heavy (non-hydrogen) atoms. The highest BCUT2D eigenvalue weighted by atomic mass is 16.4. The van der Waals surface area contributed by atoms with Crippen LogP contribution in [0, 0.1) is 5.92 Å². The first-order chi connectivity index (χ1) is 6.74. The zero-order valence-corrected chi connectivity index (χ0v) is 9.08. The average molecular weight is 196 g/mol. The minimum Gasteiger partial charge on any atom is -0.423 e. The Bertz CT molecular complexity index is 190. The third-order valence-corrected chi connectivity index (χ3v) is 3.10. The van der Waals surface area contributed by atoms with Gasteiger partial charge in [0.05, 0.1) is 0 Å². The zero-order valence-electron chi connectivity index (χ0n) is 9.08. The second-order valence-corrected chi connectivity index (χ2v) is 4.29. The summed E-state index contributed by atoms with van der Waals surface area (Å²) in [6.45, 7) is 2.22. The van der Waals surface area contributed by atoms with Crippen LogP contribution in [0.25, 0.3) is 0 Å². The Morgan fingerprint density at radius 3 is 2.71 bits per heavy atom. The van der Waals surface area contributed by atoms with Gasteiger partial charge in [-0.1, -0.05) is 38.7 Å².